The standard InChI is InChI=1S/C12H15NO/c1-3-9-13-11-7-5-10(6-8-11)12(14)4-2/h3,5-8,13H,1,4,9H2,2H3. The molecule has 0 aromatic heterocycles. The van der Waals surface area contributed by atoms with E-state index in [0.717, 1.165) is 17.8 Å². The molecule has 0 aliphatic carbocycles. The Balaban J connectivity index is 2.68. The fourth-order valence-corrected chi connectivity index (χ4v) is 1.17. The van der Waals surface area contributed by atoms with Gasteiger partial charge in [-0.3, -0.25) is 4.79 Å². The summed E-state index contributed by atoms with van der Waals surface area (Å²) in [5, 5.41) is 3.15. The van der Waals surface area contributed by atoms with Crippen molar-refractivity contribution in [2.24, 2.45) is 0 Å². The molecule has 1 rings (SSSR count). The van der Waals surface area contributed by atoms with E-state index in [0.29, 0.717) is 6.42 Å². The zero-order chi connectivity index (χ0) is 10.4. The van der Waals surface area contributed by atoms with E-state index in [4.69, 9.17) is 0 Å². The van der Waals surface area contributed by atoms with Gasteiger partial charge in [-0.1, -0.05) is 13.0 Å². The molecular weight excluding hydrogens is 174 g/mol. The lowest BCUT2D eigenvalue weighted by molar-refractivity contribution is 0.0988. The quantitative estimate of drug-likeness (QED) is 0.570. The highest BCUT2D eigenvalue weighted by Crippen LogP contribution is 2.10. The topological polar surface area (TPSA) is 29.1 Å². The number of rotatable bonds is 5. The van der Waals surface area contributed by atoms with E-state index >= 15 is 0 Å². The summed E-state index contributed by atoms with van der Waals surface area (Å²) in [6.07, 6.45) is 2.35. The van der Waals surface area contributed by atoms with E-state index in [1.807, 2.05) is 31.2 Å². The van der Waals surface area contributed by atoms with Crippen LogP contribution in [0.15, 0.2) is 36.9 Å². The van der Waals surface area contributed by atoms with Gasteiger partial charge in [-0.15, -0.1) is 6.58 Å². The summed E-state index contributed by atoms with van der Waals surface area (Å²) >= 11 is 0. The lowest BCUT2D eigenvalue weighted by Gasteiger charge is -2.03. The van der Waals surface area contributed by atoms with Crippen molar-refractivity contribution >= 4 is 11.5 Å². The van der Waals surface area contributed by atoms with Crippen LogP contribution in [0.4, 0.5) is 5.69 Å². The number of ketones is 1. The van der Waals surface area contributed by atoms with Crippen LogP contribution in [0.2, 0.25) is 0 Å². The minimum Gasteiger partial charge on any atom is -0.382 e. The zero-order valence-corrected chi connectivity index (χ0v) is 8.42. The minimum atomic E-state index is 0.181. The maximum atomic E-state index is 11.3. The molecule has 0 bridgehead atoms. The van der Waals surface area contributed by atoms with Crippen molar-refractivity contribution in [2.45, 2.75) is 13.3 Å². The molecule has 0 fully saturated rings. The largest absolute Gasteiger partial charge is 0.382 e. The lowest BCUT2D eigenvalue weighted by Crippen LogP contribution is -1.99. The first-order valence-electron chi connectivity index (χ1n) is 4.76. The second kappa shape index (κ2) is 5.22. The first-order chi connectivity index (χ1) is 6.77. The third kappa shape index (κ3) is 2.73. The fourth-order valence-electron chi connectivity index (χ4n) is 1.17. The highest BCUT2D eigenvalue weighted by Gasteiger charge is 2.01. The Morgan fingerprint density at radius 2 is 2.07 bits per heavy atom. The van der Waals surface area contributed by atoms with Crippen LogP contribution in [0, 0.1) is 0 Å². The van der Waals surface area contributed by atoms with Gasteiger partial charge >= 0.3 is 0 Å². The van der Waals surface area contributed by atoms with Gasteiger partial charge in [0.25, 0.3) is 0 Å². The fraction of sp³-hybridized carbons (Fsp3) is 0.250. The van der Waals surface area contributed by atoms with Gasteiger partial charge < -0.3 is 5.32 Å². The van der Waals surface area contributed by atoms with Crippen molar-refractivity contribution in [3.8, 4) is 0 Å². The molecule has 2 nitrogen and oxygen atoms in total. The van der Waals surface area contributed by atoms with Crippen LogP contribution in [0.3, 0.4) is 0 Å². The molecule has 0 amide bonds. The number of carbonyl (C=O) groups is 1. The van der Waals surface area contributed by atoms with Crippen LogP contribution in [0.5, 0.6) is 0 Å². The van der Waals surface area contributed by atoms with E-state index in [1.54, 1.807) is 6.08 Å². The number of benzene rings is 1. The minimum absolute atomic E-state index is 0.181. The number of hydrogen-bond acceptors (Lipinski definition) is 2. The van der Waals surface area contributed by atoms with Crippen LogP contribution in [-0.4, -0.2) is 12.3 Å². The Kier molecular flexibility index (Phi) is 3.92. The predicted octanol–water partition coefficient (Wildman–Crippen LogP) is 2.88. The van der Waals surface area contributed by atoms with E-state index in [1.165, 1.54) is 0 Å². The first kappa shape index (κ1) is 10.5. The molecule has 74 valence electrons. The molecule has 2 heteroatoms. The Bertz CT molecular complexity index is 314. The molecule has 0 aliphatic heterocycles. The van der Waals surface area contributed by atoms with Gasteiger partial charge in [-0.05, 0) is 24.3 Å². The van der Waals surface area contributed by atoms with Crippen LogP contribution < -0.4 is 5.32 Å². The maximum absolute atomic E-state index is 11.3. The lowest BCUT2D eigenvalue weighted by atomic mass is 10.1. The van der Waals surface area contributed by atoms with Crippen molar-refractivity contribution in [1.82, 2.24) is 0 Å². The molecule has 0 atom stereocenters. The molecule has 0 saturated carbocycles. The molecule has 0 heterocycles. The van der Waals surface area contributed by atoms with Gasteiger partial charge in [0.1, 0.15) is 0 Å². The van der Waals surface area contributed by atoms with Gasteiger partial charge in [0.2, 0.25) is 0 Å². The third-order valence-corrected chi connectivity index (χ3v) is 1.98. The predicted molar refractivity (Wildman–Crippen MR) is 59.8 cm³/mol. The Morgan fingerprint density at radius 1 is 1.43 bits per heavy atom. The van der Waals surface area contributed by atoms with Crippen molar-refractivity contribution in [3.05, 3.63) is 42.5 Å². The molecule has 0 unspecified atom stereocenters. The normalized spacial score (nSPS) is 9.50. The third-order valence-electron chi connectivity index (χ3n) is 1.98. The molecule has 1 aromatic carbocycles. The van der Waals surface area contributed by atoms with Crippen LogP contribution >= 0.6 is 0 Å². The molecule has 0 aliphatic rings. The smallest absolute Gasteiger partial charge is 0.162 e. The Morgan fingerprint density at radius 3 is 2.57 bits per heavy atom. The van der Waals surface area contributed by atoms with Crippen molar-refractivity contribution in [1.29, 1.82) is 0 Å². The van der Waals surface area contributed by atoms with Crippen molar-refractivity contribution < 1.29 is 4.79 Å². The molecule has 0 spiro atoms. The molecular formula is C12H15NO. The Labute approximate surface area is 84.6 Å². The van der Waals surface area contributed by atoms with Crippen LogP contribution in [0.25, 0.3) is 0 Å². The van der Waals surface area contributed by atoms with Gasteiger partial charge in [0.05, 0.1) is 0 Å². The average molecular weight is 189 g/mol. The van der Waals surface area contributed by atoms with Gasteiger partial charge in [-0.25, -0.2) is 0 Å². The van der Waals surface area contributed by atoms with E-state index in [-0.39, 0.29) is 5.78 Å². The number of anilines is 1. The number of nitrogens with one attached hydrogen (secondary N) is 1. The molecule has 14 heavy (non-hydrogen) atoms. The molecule has 1 N–H and O–H groups in total. The van der Waals surface area contributed by atoms with E-state index in [9.17, 15) is 4.79 Å². The number of Topliss-reactive ketones (excluding diaryl/α,β-unsaturated/α-hetero) is 1. The van der Waals surface area contributed by atoms with E-state index < -0.39 is 0 Å². The van der Waals surface area contributed by atoms with Gasteiger partial charge in [0.15, 0.2) is 5.78 Å². The summed E-state index contributed by atoms with van der Waals surface area (Å²) in [5.41, 5.74) is 1.79. The van der Waals surface area contributed by atoms with Crippen molar-refractivity contribution in [2.75, 3.05) is 11.9 Å². The van der Waals surface area contributed by atoms with Gasteiger partial charge in [0, 0.05) is 24.2 Å². The maximum Gasteiger partial charge on any atom is 0.162 e. The number of hydrogen-bond donors (Lipinski definition) is 1. The summed E-state index contributed by atoms with van der Waals surface area (Å²) in [7, 11) is 0. The number of carbonyl (C=O) groups excluding carboxylic acids is 1. The zero-order valence-electron chi connectivity index (χ0n) is 8.42. The van der Waals surface area contributed by atoms with Gasteiger partial charge in [-0.2, -0.15) is 0 Å². The molecule has 0 saturated heterocycles. The van der Waals surface area contributed by atoms with Crippen LogP contribution in [0.1, 0.15) is 23.7 Å². The summed E-state index contributed by atoms with van der Waals surface area (Å²) in [6.45, 7) is 6.22. The summed E-state index contributed by atoms with van der Waals surface area (Å²) < 4.78 is 0. The average Bonchev–Trinajstić information content (AvgIpc) is 2.26. The first-order valence-corrected chi connectivity index (χ1v) is 4.76. The second-order valence-corrected chi connectivity index (χ2v) is 3.02. The van der Waals surface area contributed by atoms with Crippen LogP contribution in [-0.2, 0) is 0 Å². The summed E-state index contributed by atoms with van der Waals surface area (Å²) in [4.78, 5) is 11.3. The summed E-state index contributed by atoms with van der Waals surface area (Å²) in [5.74, 6) is 0.181. The molecule has 1 aromatic rings. The highest BCUT2D eigenvalue weighted by molar-refractivity contribution is 5.96. The van der Waals surface area contributed by atoms with Crippen molar-refractivity contribution in [3.63, 3.8) is 0 Å². The highest BCUT2D eigenvalue weighted by atomic mass is 16.1. The monoisotopic (exact) mass is 189 g/mol. The Hall–Kier alpha value is -1.57. The summed E-state index contributed by atoms with van der Waals surface area (Å²) in [6, 6.07) is 7.51. The van der Waals surface area contributed by atoms with E-state index in [2.05, 4.69) is 11.9 Å². The second-order valence-electron chi connectivity index (χ2n) is 3.02. The SMILES string of the molecule is C=CCNc1ccc(C(=O)CC)cc1. The molecule has 0 radical (unpaired) electrons.